The molecule has 3 aromatic heterocycles. The minimum Gasteiger partial charge on any atom is -0.361 e. The van der Waals surface area contributed by atoms with Crippen molar-refractivity contribution in [1.82, 2.24) is 29.6 Å². The van der Waals surface area contributed by atoms with Crippen LogP contribution in [-0.2, 0) is 13.5 Å². The second-order valence-corrected chi connectivity index (χ2v) is 7.06. The third-order valence-corrected chi connectivity index (χ3v) is 5.08. The zero-order valence-electron chi connectivity index (χ0n) is 15.7. The van der Waals surface area contributed by atoms with Crippen LogP contribution in [0, 0.1) is 19.8 Å². The predicted octanol–water partition coefficient (Wildman–Crippen LogP) is 2.19. The van der Waals surface area contributed by atoms with E-state index in [0.29, 0.717) is 11.7 Å². The van der Waals surface area contributed by atoms with Crippen LogP contribution in [0.1, 0.15) is 34.2 Å². The summed E-state index contributed by atoms with van der Waals surface area (Å²) in [7, 11) is 1.84. The van der Waals surface area contributed by atoms with Gasteiger partial charge in [0.15, 0.2) is 5.82 Å². The first-order valence-electron chi connectivity index (χ1n) is 9.03. The molecule has 140 valence electrons. The molecule has 4 heterocycles. The lowest BCUT2D eigenvalue weighted by molar-refractivity contribution is 0.0771. The van der Waals surface area contributed by atoms with Gasteiger partial charge in [0, 0.05) is 38.7 Å². The Morgan fingerprint density at radius 1 is 1.26 bits per heavy atom. The third kappa shape index (κ3) is 3.34. The van der Waals surface area contributed by atoms with Gasteiger partial charge in [-0.2, -0.15) is 0 Å². The third-order valence-electron chi connectivity index (χ3n) is 5.08. The van der Waals surface area contributed by atoms with Gasteiger partial charge in [-0.3, -0.25) is 14.8 Å². The Morgan fingerprint density at radius 3 is 2.74 bits per heavy atom. The van der Waals surface area contributed by atoms with E-state index in [9.17, 15) is 4.79 Å². The normalized spacial score (nSPS) is 16.9. The van der Waals surface area contributed by atoms with Crippen LogP contribution in [0.3, 0.4) is 0 Å². The quantitative estimate of drug-likeness (QED) is 0.703. The van der Waals surface area contributed by atoms with Crippen LogP contribution in [0.15, 0.2) is 29.3 Å². The maximum Gasteiger partial charge on any atom is 0.289 e. The van der Waals surface area contributed by atoms with Gasteiger partial charge in [-0.05, 0) is 32.6 Å². The summed E-state index contributed by atoms with van der Waals surface area (Å²) in [6.07, 6.45) is 8.79. The molecule has 4 rings (SSSR count). The molecule has 27 heavy (non-hydrogen) atoms. The number of hydrogen-bond donors (Lipinski definition) is 0. The molecule has 8 heteroatoms. The van der Waals surface area contributed by atoms with Crippen molar-refractivity contribution in [3.8, 4) is 11.3 Å². The first kappa shape index (κ1) is 17.4. The molecule has 1 aliphatic rings. The molecule has 8 nitrogen and oxygen atoms in total. The molecule has 1 amide bonds. The molecular formula is C19H22N6O2. The largest absolute Gasteiger partial charge is 0.361 e. The number of carbonyl (C=O) groups excluding carboxylic acids is 1. The zero-order valence-corrected chi connectivity index (χ0v) is 15.7. The van der Waals surface area contributed by atoms with E-state index >= 15 is 0 Å². The van der Waals surface area contributed by atoms with Crippen LogP contribution >= 0.6 is 0 Å². The van der Waals surface area contributed by atoms with Gasteiger partial charge >= 0.3 is 0 Å². The maximum atomic E-state index is 12.6. The van der Waals surface area contributed by atoms with Crippen LogP contribution in [0.4, 0.5) is 0 Å². The Labute approximate surface area is 157 Å². The number of rotatable bonds is 4. The van der Waals surface area contributed by atoms with Crippen LogP contribution in [0.25, 0.3) is 11.3 Å². The molecule has 1 saturated heterocycles. The van der Waals surface area contributed by atoms with Gasteiger partial charge in [-0.15, -0.1) is 0 Å². The highest BCUT2D eigenvalue weighted by Crippen LogP contribution is 2.25. The fourth-order valence-corrected chi connectivity index (χ4v) is 3.63. The van der Waals surface area contributed by atoms with E-state index in [1.807, 2.05) is 32.0 Å². The van der Waals surface area contributed by atoms with Gasteiger partial charge in [-0.25, -0.2) is 4.98 Å². The molecule has 1 unspecified atom stereocenters. The van der Waals surface area contributed by atoms with Gasteiger partial charge in [0.25, 0.3) is 5.91 Å². The van der Waals surface area contributed by atoms with Crippen molar-refractivity contribution in [2.75, 3.05) is 13.1 Å². The first-order chi connectivity index (χ1) is 13.0. The second-order valence-electron chi connectivity index (χ2n) is 7.06. The summed E-state index contributed by atoms with van der Waals surface area (Å²) in [5.41, 5.74) is 3.42. The molecule has 3 aromatic rings. The van der Waals surface area contributed by atoms with Gasteiger partial charge in [0.05, 0.1) is 28.8 Å². The minimum absolute atomic E-state index is 0.00941. The monoisotopic (exact) mass is 366 g/mol. The number of nitrogens with zero attached hydrogens (tertiary/aromatic N) is 6. The van der Waals surface area contributed by atoms with Crippen LogP contribution in [0.2, 0.25) is 0 Å². The van der Waals surface area contributed by atoms with E-state index in [4.69, 9.17) is 4.52 Å². The SMILES string of the molecule is Cc1noc(C)c1-c1cnc(CC2CCN(C(=O)c3nccn3C)C2)cn1. The highest BCUT2D eigenvalue weighted by Gasteiger charge is 2.29. The summed E-state index contributed by atoms with van der Waals surface area (Å²) in [6.45, 7) is 5.24. The van der Waals surface area contributed by atoms with Crippen molar-refractivity contribution in [2.45, 2.75) is 26.7 Å². The van der Waals surface area contributed by atoms with E-state index in [2.05, 4.69) is 20.1 Å². The summed E-state index contributed by atoms with van der Waals surface area (Å²) in [5, 5.41) is 3.96. The number of aryl methyl sites for hydroxylation is 3. The van der Waals surface area contributed by atoms with Crippen molar-refractivity contribution in [3.05, 3.63) is 47.8 Å². The van der Waals surface area contributed by atoms with E-state index < -0.39 is 0 Å². The van der Waals surface area contributed by atoms with Gasteiger partial charge in [0.2, 0.25) is 0 Å². The topological polar surface area (TPSA) is 89.9 Å². The summed E-state index contributed by atoms with van der Waals surface area (Å²) in [5.74, 6) is 1.60. The van der Waals surface area contributed by atoms with Crippen molar-refractivity contribution >= 4 is 5.91 Å². The molecule has 0 aromatic carbocycles. The summed E-state index contributed by atoms with van der Waals surface area (Å²) < 4.78 is 6.96. The Balaban J connectivity index is 1.40. The Bertz CT molecular complexity index is 939. The van der Waals surface area contributed by atoms with Crippen LogP contribution in [-0.4, -0.2) is 48.6 Å². The van der Waals surface area contributed by atoms with Crippen molar-refractivity contribution in [3.63, 3.8) is 0 Å². The fourth-order valence-electron chi connectivity index (χ4n) is 3.63. The average molecular weight is 366 g/mol. The molecule has 0 radical (unpaired) electrons. The second kappa shape index (κ2) is 6.94. The lowest BCUT2D eigenvalue weighted by Crippen LogP contribution is -2.31. The van der Waals surface area contributed by atoms with Crippen molar-refractivity contribution in [2.24, 2.45) is 13.0 Å². The molecule has 1 aliphatic heterocycles. The van der Waals surface area contributed by atoms with E-state index in [0.717, 1.165) is 54.3 Å². The lowest BCUT2D eigenvalue weighted by Gasteiger charge is -2.16. The minimum atomic E-state index is -0.00941. The van der Waals surface area contributed by atoms with Gasteiger partial charge < -0.3 is 14.0 Å². The Morgan fingerprint density at radius 2 is 2.11 bits per heavy atom. The maximum absolute atomic E-state index is 12.6. The van der Waals surface area contributed by atoms with Gasteiger partial charge in [-0.1, -0.05) is 5.16 Å². The summed E-state index contributed by atoms with van der Waals surface area (Å²) in [6, 6.07) is 0. The number of hydrogen-bond acceptors (Lipinski definition) is 6. The number of likely N-dealkylation sites (tertiary alicyclic amines) is 1. The predicted molar refractivity (Wildman–Crippen MR) is 97.9 cm³/mol. The van der Waals surface area contributed by atoms with Crippen molar-refractivity contribution < 1.29 is 9.32 Å². The molecule has 0 saturated carbocycles. The van der Waals surface area contributed by atoms with Crippen LogP contribution in [0.5, 0.6) is 0 Å². The molecule has 0 aliphatic carbocycles. The lowest BCUT2D eigenvalue weighted by atomic mass is 10.0. The van der Waals surface area contributed by atoms with Crippen molar-refractivity contribution in [1.29, 1.82) is 0 Å². The van der Waals surface area contributed by atoms with E-state index in [1.165, 1.54) is 0 Å². The Hall–Kier alpha value is -3.03. The number of carbonyl (C=O) groups is 1. The standard InChI is InChI=1S/C19H22N6O2/c1-12-17(13(2)27-23-12)16-10-21-15(9-22-16)8-14-4-6-25(11-14)19(26)18-20-5-7-24(18)3/h5,7,9-10,14H,4,6,8,11H2,1-3H3. The number of imidazole rings is 1. The molecule has 0 N–H and O–H groups in total. The summed E-state index contributed by atoms with van der Waals surface area (Å²) >= 11 is 0. The fraction of sp³-hybridized carbons (Fsp3) is 0.421. The molecular weight excluding hydrogens is 344 g/mol. The Kier molecular flexibility index (Phi) is 4.47. The molecule has 1 atom stereocenters. The average Bonchev–Trinajstić information content (AvgIpc) is 3.37. The molecule has 0 spiro atoms. The number of aromatic nitrogens is 5. The first-order valence-corrected chi connectivity index (χ1v) is 9.03. The zero-order chi connectivity index (χ0) is 19.0. The van der Waals surface area contributed by atoms with Gasteiger partial charge in [0.1, 0.15) is 5.76 Å². The smallest absolute Gasteiger partial charge is 0.289 e. The molecule has 1 fully saturated rings. The summed E-state index contributed by atoms with van der Waals surface area (Å²) in [4.78, 5) is 27.7. The number of amides is 1. The van der Waals surface area contributed by atoms with E-state index in [-0.39, 0.29) is 5.91 Å². The van der Waals surface area contributed by atoms with Crippen LogP contribution < -0.4 is 0 Å². The van der Waals surface area contributed by atoms with E-state index in [1.54, 1.807) is 23.2 Å². The highest BCUT2D eigenvalue weighted by atomic mass is 16.5. The highest BCUT2D eigenvalue weighted by molar-refractivity contribution is 5.91. The molecule has 0 bridgehead atoms.